The molecule has 186 valence electrons. The number of ketones is 1. The highest BCUT2D eigenvalue weighted by Crippen LogP contribution is 2.54. The maximum absolute atomic E-state index is 14.2. The van der Waals surface area contributed by atoms with Crippen LogP contribution in [0.2, 0.25) is 0 Å². The van der Waals surface area contributed by atoms with E-state index in [0.717, 1.165) is 6.42 Å². The van der Waals surface area contributed by atoms with Gasteiger partial charge in [-0.25, -0.2) is 0 Å². The molecule has 0 radical (unpaired) electrons. The number of likely N-dealkylation sites (N-methyl/N-ethyl adjacent to an activating group) is 1. The van der Waals surface area contributed by atoms with Gasteiger partial charge >= 0.3 is 0 Å². The van der Waals surface area contributed by atoms with Crippen molar-refractivity contribution in [1.82, 2.24) is 4.90 Å². The molecule has 4 aliphatic heterocycles. The van der Waals surface area contributed by atoms with Crippen LogP contribution in [0.1, 0.15) is 30.9 Å². The molecule has 2 aromatic rings. The summed E-state index contributed by atoms with van der Waals surface area (Å²) in [6.45, 7) is 3.56. The number of amides is 2. The Labute approximate surface area is 207 Å². The van der Waals surface area contributed by atoms with Crippen LogP contribution in [0.3, 0.4) is 0 Å². The number of benzene rings is 2. The van der Waals surface area contributed by atoms with Crippen LogP contribution >= 0.6 is 0 Å². The highest BCUT2D eigenvalue weighted by atomic mass is 16.6. The predicted molar refractivity (Wildman–Crippen MR) is 129 cm³/mol. The highest BCUT2D eigenvalue weighted by Gasteiger charge is 2.67. The summed E-state index contributed by atoms with van der Waals surface area (Å²) in [6.07, 6.45) is 1.25. The van der Waals surface area contributed by atoms with Crippen LogP contribution in [0.5, 0.6) is 11.5 Å². The molecule has 0 aromatic heterocycles. The van der Waals surface area contributed by atoms with E-state index in [1.54, 1.807) is 47.4 Å². The van der Waals surface area contributed by atoms with Crippen LogP contribution in [-0.4, -0.2) is 66.6 Å². The monoisotopic (exact) mass is 490 g/mol. The van der Waals surface area contributed by atoms with Gasteiger partial charge in [-0.3, -0.25) is 14.4 Å². The molecule has 9 nitrogen and oxygen atoms in total. The van der Waals surface area contributed by atoms with Crippen molar-refractivity contribution in [3.05, 3.63) is 59.2 Å². The molecular weight excluding hydrogens is 464 g/mol. The molecule has 0 saturated carbocycles. The molecule has 0 bridgehead atoms. The first-order valence-electron chi connectivity index (χ1n) is 12.2. The summed E-state index contributed by atoms with van der Waals surface area (Å²) >= 11 is 0. The minimum atomic E-state index is -1.79. The normalized spacial score (nSPS) is 26.2. The topological polar surface area (TPSA) is 106 Å². The number of para-hydroxylation sites is 1. The molecule has 1 N–H and O–H groups in total. The number of aliphatic hydroxyl groups is 1. The number of likely N-dealkylation sites (tertiary alicyclic amines) is 1. The summed E-state index contributed by atoms with van der Waals surface area (Å²) in [5, 5.41) is 11.6. The van der Waals surface area contributed by atoms with Gasteiger partial charge in [0, 0.05) is 30.8 Å². The zero-order chi connectivity index (χ0) is 25.0. The van der Waals surface area contributed by atoms with Crippen molar-refractivity contribution in [2.24, 2.45) is 0 Å². The van der Waals surface area contributed by atoms with Crippen LogP contribution < -0.4 is 14.4 Å². The zero-order valence-corrected chi connectivity index (χ0v) is 19.9. The van der Waals surface area contributed by atoms with Crippen LogP contribution in [0.25, 0.3) is 5.76 Å². The van der Waals surface area contributed by atoms with Gasteiger partial charge in [-0.1, -0.05) is 18.2 Å². The van der Waals surface area contributed by atoms with Gasteiger partial charge in [0.15, 0.2) is 17.0 Å². The maximum atomic E-state index is 14.2. The summed E-state index contributed by atoms with van der Waals surface area (Å²) in [5.74, 6) is -1.66. The largest absolute Gasteiger partial charge is 0.507 e. The summed E-state index contributed by atoms with van der Waals surface area (Å²) in [5.41, 5.74) is -0.667. The number of rotatable bonds is 4. The SMILES string of the molecule is CCN1C(=O)[C@]2(C(=C(O)c3ccc4c(c3)OCCO4)C(=O)C(=O)N2C[C@H]2CCCO2)c2ccccc21. The van der Waals surface area contributed by atoms with E-state index in [-0.39, 0.29) is 23.8 Å². The fourth-order valence-corrected chi connectivity index (χ4v) is 5.76. The smallest absolute Gasteiger partial charge is 0.296 e. The second kappa shape index (κ2) is 8.37. The molecule has 1 spiro atoms. The number of hydrogen-bond acceptors (Lipinski definition) is 7. The number of nitrogens with zero attached hydrogens (tertiary/aromatic N) is 2. The molecule has 2 atom stereocenters. The Hall–Kier alpha value is -3.85. The van der Waals surface area contributed by atoms with Crippen LogP contribution in [0, 0.1) is 0 Å². The maximum Gasteiger partial charge on any atom is 0.296 e. The van der Waals surface area contributed by atoms with E-state index in [9.17, 15) is 19.5 Å². The molecule has 0 aliphatic carbocycles. The number of ether oxygens (including phenoxy) is 3. The van der Waals surface area contributed by atoms with E-state index in [2.05, 4.69) is 0 Å². The Bertz CT molecular complexity index is 1310. The van der Waals surface area contributed by atoms with Crippen LogP contribution in [-0.2, 0) is 24.7 Å². The molecule has 9 heteroatoms. The number of fused-ring (bicyclic) bond motifs is 3. The standard InChI is InChI=1S/C27H26N2O7/c1-2-28-19-8-4-3-7-18(19)27(26(28)33)22(24(31)25(32)29(27)15-17-6-5-11-34-17)23(30)16-9-10-20-21(14-16)36-13-12-35-20/h3-4,7-10,14,17,30H,2,5-6,11-13,15H2,1H3/t17-,27-/m1/s1. The third kappa shape index (κ3) is 3.02. The lowest BCUT2D eigenvalue weighted by Crippen LogP contribution is -2.53. The Morgan fingerprint density at radius 3 is 2.58 bits per heavy atom. The number of carbonyl (C=O) groups is 3. The van der Waals surface area contributed by atoms with Crippen LogP contribution in [0.4, 0.5) is 5.69 Å². The lowest BCUT2D eigenvalue weighted by atomic mass is 9.81. The van der Waals surface area contributed by atoms with E-state index < -0.39 is 28.9 Å². The molecule has 4 aliphatic rings. The van der Waals surface area contributed by atoms with E-state index in [0.29, 0.717) is 55.5 Å². The van der Waals surface area contributed by atoms with Crippen molar-refractivity contribution < 1.29 is 33.7 Å². The van der Waals surface area contributed by atoms with Gasteiger partial charge in [0.05, 0.1) is 17.4 Å². The van der Waals surface area contributed by atoms with Gasteiger partial charge in [0.2, 0.25) is 0 Å². The average molecular weight is 491 g/mol. The minimum Gasteiger partial charge on any atom is -0.507 e. The second-order valence-electron chi connectivity index (χ2n) is 9.24. The highest BCUT2D eigenvalue weighted by molar-refractivity contribution is 6.50. The first-order valence-corrected chi connectivity index (χ1v) is 12.2. The number of hydrogen-bond donors (Lipinski definition) is 1. The summed E-state index contributed by atoms with van der Waals surface area (Å²) in [7, 11) is 0. The molecule has 2 amide bonds. The predicted octanol–water partition coefficient (Wildman–Crippen LogP) is 2.58. The summed E-state index contributed by atoms with van der Waals surface area (Å²) < 4.78 is 17.0. The van der Waals surface area contributed by atoms with Crippen molar-refractivity contribution in [1.29, 1.82) is 0 Å². The van der Waals surface area contributed by atoms with E-state index >= 15 is 0 Å². The van der Waals surface area contributed by atoms with Gasteiger partial charge < -0.3 is 29.1 Å². The average Bonchev–Trinajstić information content (AvgIpc) is 3.56. The lowest BCUT2D eigenvalue weighted by molar-refractivity contribution is -0.145. The Kier molecular flexibility index (Phi) is 5.26. The van der Waals surface area contributed by atoms with Gasteiger partial charge in [-0.2, -0.15) is 0 Å². The van der Waals surface area contributed by atoms with Crippen molar-refractivity contribution in [2.75, 3.05) is 37.8 Å². The molecular formula is C27H26N2O7. The van der Waals surface area contributed by atoms with E-state index in [1.807, 2.05) is 6.92 Å². The lowest BCUT2D eigenvalue weighted by Gasteiger charge is -2.35. The number of anilines is 1. The van der Waals surface area contributed by atoms with Crippen LogP contribution in [0.15, 0.2) is 48.0 Å². The zero-order valence-electron chi connectivity index (χ0n) is 19.9. The number of carbonyl (C=O) groups excluding carboxylic acids is 3. The Morgan fingerprint density at radius 2 is 1.83 bits per heavy atom. The minimum absolute atomic E-state index is 0.0696. The fraction of sp³-hybridized carbons (Fsp3) is 0.370. The van der Waals surface area contributed by atoms with Gasteiger partial charge in [0.25, 0.3) is 17.6 Å². The first kappa shape index (κ1) is 22.6. The van der Waals surface area contributed by atoms with Crippen molar-refractivity contribution in [3.63, 3.8) is 0 Å². The second-order valence-corrected chi connectivity index (χ2v) is 9.24. The third-order valence-electron chi connectivity index (χ3n) is 7.35. The fourth-order valence-electron chi connectivity index (χ4n) is 5.76. The van der Waals surface area contributed by atoms with E-state index in [4.69, 9.17) is 14.2 Å². The molecule has 6 rings (SSSR count). The Balaban J connectivity index is 1.59. The number of Topliss-reactive ketones (excluding diaryl/α,β-unsaturated/α-hetero) is 1. The number of aliphatic hydroxyl groups excluding tert-OH is 1. The van der Waals surface area contributed by atoms with Gasteiger partial charge in [-0.15, -0.1) is 0 Å². The molecule has 36 heavy (non-hydrogen) atoms. The Morgan fingerprint density at radius 1 is 1.06 bits per heavy atom. The molecule has 0 unspecified atom stereocenters. The summed E-state index contributed by atoms with van der Waals surface area (Å²) in [4.78, 5) is 44.3. The van der Waals surface area contributed by atoms with Crippen molar-refractivity contribution in [2.45, 2.75) is 31.4 Å². The van der Waals surface area contributed by atoms with Crippen molar-refractivity contribution >= 4 is 29.0 Å². The molecule has 2 saturated heterocycles. The molecule has 2 aromatic carbocycles. The quantitative estimate of drug-likeness (QED) is 0.399. The van der Waals surface area contributed by atoms with E-state index in [1.165, 1.54) is 4.90 Å². The molecule has 2 fully saturated rings. The third-order valence-corrected chi connectivity index (χ3v) is 7.35. The summed E-state index contributed by atoms with van der Waals surface area (Å²) in [6, 6.07) is 11.9. The molecule has 4 heterocycles. The van der Waals surface area contributed by atoms with Crippen molar-refractivity contribution in [3.8, 4) is 11.5 Å². The first-order chi connectivity index (χ1) is 17.5. The van der Waals surface area contributed by atoms with Gasteiger partial charge in [-0.05, 0) is 44.0 Å². The van der Waals surface area contributed by atoms with Gasteiger partial charge in [0.1, 0.15) is 19.0 Å².